The Balaban J connectivity index is 3.44. The SMILES string of the molecule is CCOC(=O)C(O)(C(F)(F)F)C(F)(F)C(=O)c1cccc(Cl)c1. The first-order chi connectivity index (χ1) is 10.4. The van der Waals surface area contributed by atoms with Crippen molar-refractivity contribution in [3.05, 3.63) is 34.9 Å². The van der Waals surface area contributed by atoms with Gasteiger partial charge in [-0.05, 0) is 19.1 Å². The molecule has 10 heteroatoms. The largest absolute Gasteiger partial charge is 0.463 e. The molecule has 0 spiro atoms. The Morgan fingerprint density at radius 2 is 1.78 bits per heavy atom. The Morgan fingerprint density at radius 3 is 2.22 bits per heavy atom. The van der Waals surface area contributed by atoms with E-state index >= 15 is 0 Å². The highest BCUT2D eigenvalue weighted by atomic mass is 35.5. The monoisotopic (exact) mass is 360 g/mol. The second kappa shape index (κ2) is 6.40. The Hall–Kier alpha value is -1.74. The third-order valence-electron chi connectivity index (χ3n) is 2.81. The topological polar surface area (TPSA) is 63.6 Å². The number of carbonyl (C=O) groups excluding carboxylic acids is 2. The van der Waals surface area contributed by atoms with E-state index < -0.39 is 41.6 Å². The molecule has 1 atom stereocenters. The van der Waals surface area contributed by atoms with Gasteiger partial charge in [-0.25, -0.2) is 4.79 Å². The van der Waals surface area contributed by atoms with Gasteiger partial charge in [0.05, 0.1) is 6.61 Å². The van der Waals surface area contributed by atoms with Crippen molar-refractivity contribution < 1.29 is 41.4 Å². The van der Waals surface area contributed by atoms with Gasteiger partial charge in [-0.1, -0.05) is 23.7 Å². The fourth-order valence-corrected chi connectivity index (χ4v) is 1.82. The van der Waals surface area contributed by atoms with E-state index in [1.807, 2.05) is 0 Å². The molecule has 0 amide bonds. The number of hydrogen-bond acceptors (Lipinski definition) is 4. The molecule has 4 nitrogen and oxygen atoms in total. The lowest BCUT2D eigenvalue weighted by atomic mass is 9.88. The van der Waals surface area contributed by atoms with E-state index in [4.69, 9.17) is 11.6 Å². The molecule has 128 valence electrons. The van der Waals surface area contributed by atoms with E-state index in [1.54, 1.807) is 0 Å². The van der Waals surface area contributed by atoms with Crippen molar-refractivity contribution in [3.8, 4) is 0 Å². The number of halogens is 6. The first-order valence-electron chi connectivity index (χ1n) is 6.04. The van der Waals surface area contributed by atoms with Crippen LogP contribution >= 0.6 is 11.6 Å². The van der Waals surface area contributed by atoms with Gasteiger partial charge in [0.25, 0.3) is 0 Å². The molecule has 1 aromatic rings. The molecular weight excluding hydrogens is 351 g/mol. The van der Waals surface area contributed by atoms with Gasteiger partial charge in [-0.2, -0.15) is 22.0 Å². The van der Waals surface area contributed by atoms with Crippen molar-refractivity contribution in [3.63, 3.8) is 0 Å². The average Bonchev–Trinajstić information content (AvgIpc) is 2.44. The van der Waals surface area contributed by atoms with E-state index in [1.165, 1.54) is 6.07 Å². The second-order valence-electron chi connectivity index (χ2n) is 4.34. The number of hydrogen-bond donors (Lipinski definition) is 1. The van der Waals surface area contributed by atoms with E-state index in [2.05, 4.69) is 4.74 Å². The van der Waals surface area contributed by atoms with Gasteiger partial charge in [0.1, 0.15) is 0 Å². The van der Waals surface area contributed by atoms with Crippen LogP contribution in [0, 0.1) is 0 Å². The normalized spacial score (nSPS) is 15.0. The summed E-state index contributed by atoms with van der Waals surface area (Å²) in [5.74, 6) is -10.6. The van der Waals surface area contributed by atoms with E-state index in [0.29, 0.717) is 6.07 Å². The van der Waals surface area contributed by atoms with E-state index in [-0.39, 0.29) is 5.02 Å². The van der Waals surface area contributed by atoms with E-state index in [0.717, 1.165) is 19.1 Å². The van der Waals surface area contributed by atoms with Crippen molar-refractivity contribution in [2.24, 2.45) is 0 Å². The molecular formula is C13H10ClF5O4. The first kappa shape index (κ1) is 19.3. The van der Waals surface area contributed by atoms with Crippen molar-refractivity contribution in [1.29, 1.82) is 0 Å². The molecule has 0 bridgehead atoms. The van der Waals surface area contributed by atoms with Crippen LogP contribution in [0.3, 0.4) is 0 Å². The Morgan fingerprint density at radius 1 is 1.22 bits per heavy atom. The lowest BCUT2D eigenvalue weighted by molar-refractivity contribution is -0.310. The molecule has 1 rings (SSSR count). The lowest BCUT2D eigenvalue weighted by Gasteiger charge is -2.33. The highest BCUT2D eigenvalue weighted by Gasteiger charge is 2.77. The molecule has 0 fully saturated rings. The quantitative estimate of drug-likeness (QED) is 0.498. The maximum Gasteiger partial charge on any atom is 0.434 e. The Bertz CT molecular complexity index is 617. The van der Waals surface area contributed by atoms with Gasteiger partial charge >= 0.3 is 23.7 Å². The molecule has 0 aliphatic heterocycles. The van der Waals surface area contributed by atoms with Crippen molar-refractivity contribution in [2.45, 2.75) is 24.6 Å². The fourth-order valence-electron chi connectivity index (χ4n) is 1.63. The third-order valence-corrected chi connectivity index (χ3v) is 3.04. The van der Waals surface area contributed by atoms with Crippen LogP contribution in [0.2, 0.25) is 5.02 Å². The molecule has 0 radical (unpaired) electrons. The third kappa shape index (κ3) is 3.30. The minimum absolute atomic E-state index is 0.196. The number of benzene rings is 1. The van der Waals surface area contributed by atoms with Crippen LogP contribution in [0.25, 0.3) is 0 Å². The first-order valence-corrected chi connectivity index (χ1v) is 6.41. The molecule has 0 heterocycles. The molecule has 1 unspecified atom stereocenters. The summed E-state index contributed by atoms with van der Waals surface area (Å²) in [5, 5.41) is 9.18. The number of ether oxygens (including phenoxy) is 1. The zero-order valence-electron chi connectivity index (χ0n) is 11.5. The molecule has 0 saturated heterocycles. The van der Waals surface area contributed by atoms with Crippen LogP contribution < -0.4 is 0 Å². The minimum Gasteiger partial charge on any atom is -0.463 e. The van der Waals surface area contributed by atoms with Crippen LogP contribution in [0.5, 0.6) is 0 Å². The smallest absolute Gasteiger partial charge is 0.434 e. The van der Waals surface area contributed by atoms with Gasteiger partial charge < -0.3 is 9.84 Å². The number of alkyl halides is 5. The zero-order chi connectivity index (χ0) is 18.1. The van der Waals surface area contributed by atoms with Crippen LogP contribution in [-0.2, 0) is 9.53 Å². The number of esters is 1. The predicted octanol–water partition coefficient (Wildman–Crippen LogP) is 3.01. The van der Waals surface area contributed by atoms with Gasteiger partial charge in [0.2, 0.25) is 5.78 Å². The summed E-state index contributed by atoms with van der Waals surface area (Å²) in [5.41, 5.74) is -6.23. The molecule has 1 N–H and O–H groups in total. The zero-order valence-corrected chi connectivity index (χ0v) is 12.2. The maximum atomic E-state index is 14.1. The van der Waals surface area contributed by atoms with Crippen LogP contribution in [0.15, 0.2) is 24.3 Å². The Labute approximate surface area is 131 Å². The molecule has 1 aromatic carbocycles. The molecule has 0 aliphatic carbocycles. The average molecular weight is 361 g/mol. The van der Waals surface area contributed by atoms with Crippen LogP contribution in [0.4, 0.5) is 22.0 Å². The molecule has 0 saturated carbocycles. The summed E-state index contributed by atoms with van der Waals surface area (Å²) in [6.45, 7) is 0.338. The minimum atomic E-state index is -6.16. The summed E-state index contributed by atoms with van der Waals surface area (Å²) in [6.07, 6.45) is -6.16. The van der Waals surface area contributed by atoms with Crippen molar-refractivity contribution >= 4 is 23.4 Å². The summed E-state index contributed by atoms with van der Waals surface area (Å²) in [4.78, 5) is 23.1. The van der Waals surface area contributed by atoms with Crippen LogP contribution in [-0.4, -0.2) is 41.2 Å². The summed E-state index contributed by atoms with van der Waals surface area (Å²) in [7, 11) is 0. The van der Waals surface area contributed by atoms with Gasteiger partial charge in [-0.15, -0.1) is 0 Å². The molecule has 23 heavy (non-hydrogen) atoms. The summed E-state index contributed by atoms with van der Waals surface area (Å²) >= 11 is 5.48. The predicted molar refractivity (Wildman–Crippen MR) is 68.4 cm³/mol. The maximum absolute atomic E-state index is 14.1. The second-order valence-corrected chi connectivity index (χ2v) is 4.78. The van der Waals surface area contributed by atoms with Gasteiger partial charge in [0.15, 0.2) is 0 Å². The number of Topliss-reactive ketones (excluding diaryl/α,β-unsaturated/α-hetero) is 1. The van der Waals surface area contributed by atoms with Crippen molar-refractivity contribution in [1.82, 2.24) is 0 Å². The lowest BCUT2D eigenvalue weighted by Crippen LogP contribution is -2.67. The summed E-state index contributed by atoms with van der Waals surface area (Å²) < 4.78 is 70.8. The number of ketones is 1. The molecule has 0 aromatic heterocycles. The van der Waals surface area contributed by atoms with Crippen LogP contribution in [0.1, 0.15) is 17.3 Å². The Kier molecular flexibility index (Phi) is 5.37. The van der Waals surface area contributed by atoms with Gasteiger partial charge in [0, 0.05) is 10.6 Å². The standard InChI is InChI=1S/C13H10ClF5O4/c1-2-23-10(21)11(22,13(17,18)19)12(15,16)9(20)7-4-3-5-8(14)6-7/h3-6,22H,2H2,1H3. The highest BCUT2D eigenvalue weighted by molar-refractivity contribution is 6.31. The number of carbonyl (C=O) groups is 2. The fraction of sp³-hybridized carbons (Fsp3) is 0.385. The number of aliphatic hydroxyl groups is 1. The summed E-state index contributed by atoms with van der Waals surface area (Å²) in [6, 6.07) is 3.68. The van der Waals surface area contributed by atoms with Crippen molar-refractivity contribution in [2.75, 3.05) is 6.61 Å². The van der Waals surface area contributed by atoms with E-state index in [9.17, 15) is 36.6 Å². The highest BCUT2D eigenvalue weighted by Crippen LogP contribution is 2.44. The molecule has 0 aliphatic rings. The number of rotatable bonds is 5. The van der Waals surface area contributed by atoms with Gasteiger partial charge in [-0.3, -0.25) is 4.79 Å².